The molecule has 1 aromatic rings. The van der Waals surface area contributed by atoms with E-state index in [0.717, 1.165) is 10.3 Å². The van der Waals surface area contributed by atoms with Crippen LogP contribution in [0.1, 0.15) is 6.42 Å². The van der Waals surface area contributed by atoms with Gasteiger partial charge in [0.05, 0.1) is 0 Å². The zero-order valence-corrected chi connectivity index (χ0v) is 12.7. The van der Waals surface area contributed by atoms with Crippen LogP contribution >= 0.6 is 11.8 Å². The molecule has 0 fully saturated rings. The molecule has 0 radical (unpaired) electrons. The first-order chi connectivity index (χ1) is 9.34. The summed E-state index contributed by atoms with van der Waals surface area (Å²) in [6.45, 7) is 3.66. The van der Waals surface area contributed by atoms with Crippen molar-refractivity contribution in [3.63, 3.8) is 0 Å². The second kappa shape index (κ2) is 5.28. The molecule has 0 aromatic carbocycles. The molecule has 0 saturated heterocycles. The molecule has 0 bridgehead atoms. The van der Waals surface area contributed by atoms with Crippen LogP contribution in [0.3, 0.4) is 0 Å². The molecule has 0 spiro atoms. The van der Waals surface area contributed by atoms with Crippen molar-refractivity contribution in [2.45, 2.75) is 11.9 Å². The number of hydrogen-bond donors (Lipinski definition) is 2. The van der Waals surface area contributed by atoms with E-state index in [1.807, 2.05) is 11.9 Å². The number of thioether (sulfide) groups is 1. The van der Waals surface area contributed by atoms with Crippen molar-refractivity contribution in [2.24, 2.45) is 19.8 Å². The van der Waals surface area contributed by atoms with E-state index >= 15 is 0 Å². The lowest BCUT2D eigenvalue weighted by molar-refractivity contribution is 0.689. The number of nitrogens with two attached hydrogens (primary N) is 1. The second-order valence-corrected chi connectivity index (χ2v) is 5.98. The average Bonchev–Trinajstić information content (AvgIpc) is 2.71. The summed E-state index contributed by atoms with van der Waals surface area (Å²) < 4.78 is 2.58. The van der Waals surface area contributed by atoms with E-state index < -0.39 is 0 Å². The van der Waals surface area contributed by atoms with Gasteiger partial charge >= 0.3 is 5.69 Å². The van der Waals surface area contributed by atoms with Crippen LogP contribution in [0.25, 0.3) is 0 Å². The fourth-order valence-electron chi connectivity index (χ4n) is 2.16. The van der Waals surface area contributed by atoms with Crippen molar-refractivity contribution < 1.29 is 0 Å². The number of rotatable bonds is 4. The molecule has 1 atom stereocenters. The molecule has 0 amide bonds. The van der Waals surface area contributed by atoms with E-state index in [1.165, 1.54) is 11.6 Å². The third-order valence-electron chi connectivity index (χ3n) is 3.29. The Kier molecular flexibility index (Phi) is 3.85. The monoisotopic (exact) mass is 297 g/mol. The van der Waals surface area contributed by atoms with E-state index in [0.29, 0.717) is 23.6 Å². The second-order valence-electron chi connectivity index (χ2n) is 4.79. The van der Waals surface area contributed by atoms with Gasteiger partial charge in [0.1, 0.15) is 17.0 Å². The largest absolute Gasteiger partial charge is 0.402 e. The van der Waals surface area contributed by atoms with Crippen molar-refractivity contribution in [3.05, 3.63) is 33.1 Å². The van der Waals surface area contributed by atoms with Gasteiger partial charge in [0, 0.05) is 32.6 Å². The van der Waals surface area contributed by atoms with Crippen LogP contribution in [0.4, 0.5) is 11.5 Å². The number of anilines is 2. The van der Waals surface area contributed by atoms with Crippen molar-refractivity contribution in [1.82, 2.24) is 9.13 Å². The zero-order chi connectivity index (χ0) is 15.0. The summed E-state index contributed by atoms with van der Waals surface area (Å²) >= 11 is 1.62. The normalized spacial score (nSPS) is 16.9. The Hall–Kier alpha value is -1.83. The van der Waals surface area contributed by atoms with Crippen LogP contribution in [-0.2, 0) is 14.1 Å². The predicted octanol–water partition coefficient (Wildman–Crippen LogP) is -0.175. The number of hydrogen-bond acceptors (Lipinski definition) is 6. The molecule has 8 heteroatoms. The van der Waals surface area contributed by atoms with Crippen molar-refractivity contribution in [2.75, 3.05) is 23.0 Å². The lowest BCUT2D eigenvalue weighted by atomic mass is 10.4. The molecule has 0 aliphatic carbocycles. The first kappa shape index (κ1) is 14.6. The maximum Gasteiger partial charge on any atom is 0.332 e. The highest BCUT2D eigenvalue weighted by Gasteiger charge is 2.31. The number of nitrogens with zero attached hydrogens (tertiary/aromatic N) is 3. The summed E-state index contributed by atoms with van der Waals surface area (Å²) in [5.74, 6) is 1.40. The summed E-state index contributed by atoms with van der Waals surface area (Å²) in [6, 6.07) is 0. The van der Waals surface area contributed by atoms with E-state index in [-0.39, 0.29) is 16.7 Å². The minimum absolute atomic E-state index is 0.0925. The summed E-state index contributed by atoms with van der Waals surface area (Å²) in [6.07, 6.45) is 0.712. The number of allylic oxidation sites excluding steroid dienone is 1. The molecule has 1 aromatic heterocycles. The van der Waals surface area contributed by atoms with Gasteiger partial charge in [-0.15, -0.1) is 11.8 Å². The molecule has 1 aliphatic rings. The minimum Gasteiger partial charge on any atom is -0.402 e. The van der Waals surface area contributed by atoms with Gasteiger partial charge in [0.25, 0.3) is 5.56 Å². The smallest absolute Gasteiger partial charge is 0.332 e. The Labute approximate surface area is 121 Å². The van der Waals surface area contributed by atoms with Crippen LogP contribution in [0.5, 0.6) is 0 Å². The van der Waals surface area contributed by atoms with Gasteiger partial charge in [0.15, 0.2) is 0 Å². The van der Waals surface area contributed by atoms with Gasteiger partial charge in [-0.2, -0.15) is 0 Å². The van der Waals surface area contributed by atoms with Crippen LogP contribution in [0, 0.1) is 0 Å². The third-order valence-corrected chi connectivity index (χ3v) is 4.48. The topological polar surface area (TPSA) is 85.3 Å². The van der Waals surface area contributed by atoms with Gasteiger partial charge < -0.3 is 16.0 Å². The minimum atomic E-state index is -0.330. The molecular weight excluding hydrogens is 278 g/mol. The quantitative estimate of drug-likeness (QED) is 0.802. The average molecular weight is 297 g/mol. The van der Waals surface area contributed by atoms with E-state index in [2.05, 4.69) is 11.9 Å². The molecule has 0 saturated carbocycles. The van der Waals surface area contributed by atoms with Gasteiger partial charge in [-0.1, -0.05) is 6.58 Å². The number of fused-ring (bicyclic) bond motifs is 1. The van der Waals surface area contributed by atoms with Gasteiger partial charge in [-0.3, -0.25) is 13.9 Å². The molecule has 2 heterocycles. The summed E-state index contributed by atoms with van der Waals surface area (Å²) in [7, 11) is 4.99. The zero-order valence-electron chi connectivity index (χ0n) is 11.8. The Bertz CT molecular complexity index is 663. The highest BCUT2D eigenvalue weighted by molar-refractivity contribution is 8.00. The maximum atomic E-state index is 12.1. The predicted molar refractivity (Wildman–Crippen MR) is 83.1 cm³/mol. The van der Waals surface area contributed by atoms with E-state index in [9.17, 15) is 9.59 Å². The SMILES string of the molecule is C=C(N)CCSC1Nc2c(n(C)c(=O)n(C)c2=O)N1C. The van der Waals surface area contributed by atoms with Crippen LogP contribution < -0.4 is 27.2 Å². The first-order valence-corrected chi connectivity index (χ1v) is 7.23. The summed E-state index contributed by atoms with van der Waals surface area (Å²) in [4.78, 5) is 26.0. The first-order valence-electron chi connectivity index (χ1n) is 6.18. The standard InChI is InChI=1S/C12H19N5O2S/c1-7(13)5-6-20-11-14-8-9(15(11)2)16(3)12(19)17(4)10(8)18/h11,14H,1,5-6,13H2,2-4H3. The van der Waals surface area contributed by atoms with Gasteiger partial charge in [-0.05, 0) is 6.42 Å². The fraction of sp³-hybridized carbons (Fsp3) is 0.500. The molecule has 3 N–H and O–H groups in total. The highest BCUT2D eigenvalue weighted by Crippen LogP contribution is 2.33. The van der Waals surface area contributed by atoms with Crippen molar-refractivity contribution in [1.29, 1.82) is 0 Å². The third kappa shape index (κ3) is 2.31. The Morgan fingerprint density at radius 2 is 2.00 bits per heavy atom. The number of aromatic nitrogens is 2. The molecular formula is C12H19N5O2S. The molecule has 7 nitrogen and oxygen atoms in total. The number of nitrogens with one attached hydrogen (secondary N) is 1. The molecule has 1 unspecified atom stereocenters. The molecule has 110 valence electrons. The van der Waals surface area contributed by atoms with Crippen molar-refractivity contribution in [3.8, 4) is 0 Å². The Morgan fingerprint density at radius 3 is 2.60 bits per heavy atom. The lowest BCUT2D eigenvalue weighted by Gasteiger charge is -2.22. The molecule has 20 heavy (non-hydrogen) atoms. The Balaban J connectivity index is 2.30. The van der Waals surface area contributed by atoms with Crippen LogP contribution in [0.2, 0.25) is 0 Å². The van der Waals surface area contributed by atoms with Crippen LogP contribution in [-0.4, -0.2) is 27.4 Å². The molecule has 1 aliphatic heterocycles. The highest BCUT2D eigenvalue weighted by atomic mass is 32.2. The van der Waals surface area contributed by atoms with Crippen molar-refractivity contribution >= 4 is 23.3 Å². The van der Waals surface area contributed by atoms with E-state index in [4.69, 9.17) is 5.73 Å². The lowest BCUT2D eigenvalue weighted by Crippen LogP contribution is -2.38. The Morgan fingerprint density at radius 1 is 1.35 bits per heavy atom. The maximum absolute atomic E-state index is 12.1. The van der Waals surface area contributed by atoms with E-state index in [1.54, 1.807) is 18.8 Å². The fourth-order valence-corrected chi connectivity index (χ4v) is 3.29. The van der Waals surface area contributed by atoms with Gasteiger partial charge in [-0.25, -0.2) is 4.79 Å². The summed E-state index contributed by atoms with van der Waals surface area (Å²) in [5, 5.41) is 3.16. The van der Waals surface area contributed by atoms with Crippen LogP contribution in [0.15, 0.2) is 21.9 Å². The summed E-state index contributed by atoms with van der Waals surface area (Å²) in [5.41, 5.74) is 5.91. The molecule has 2 rings (SSSR count). The van der Waals surface area contributed by atoms with Gasteiger partial charge in [0.2, 0.25) is 0 Å².